The number of benzene rings is 2. The number of hydrogen-bond acceptors (Lipinski definition) is 4. The smallest absolute Gasteiger partial charge is 0.166 e. The quantitative estimate of drug-likeness (QED) is 0.410. The number of nitrogens with zero attached hydrogens (tertiary/aromatic N) is 2. The molecule has 2 heterocycles. The summed E-state index contributed by atoms with van der Waals surface area (Å²) in [5.41, 5.74) is 6.17. The van der Waals surface area contributed by atoms with Gasteiger partial charge in [-0.05, 0) is 38.5 Å². The predicted molar refractivity (Wildman–Crippen MR) is 127 cm³/mol. The summed E-state index contributed by atoms with van der Waals surface area (Å²) in [6.07, 6.45) is 0. The van der Waals surface area contributed by atoms with Gasteiger partial charge in [-0.15, -0.1) is 0 Å². The van der Waals surface area contributed by atoms with E-state index in [4.69, 9.17) is 21.1 Å². The number of aryl methyl sites for hydroxylation is 1. The zero-order valence-electron chi connectivity index (χ0n) is 18.9. The van der Waals surface area contributed by atoms with Crippen LogP contribution in [0.3, 0.4) is 0 Å². The molecule has 0 fully saturated rings. The van der Waals surface area contributed by atoms with Crippen LogP contribution < -0.4 is 0 Å². The summed E-state index contributed by atoms with van der Waals surface area (Å²) >= 11 is 6.00. The van der Waals surface area contributed by atoms with Crippen molar-refractivity contribution < 1.29 is 9.32 Å². The number of fused-ring (bicyclic) bond motifs is 3. The van der Waals surface area contributed by atoms with Crippen LogP contribution in [0.4, 0.5) is 0 Å². The fraction of sp³-hybridized carbons (Fsp3) is 0.320. The van der Waals surface area contributed by atoms with Crippen molar-refractivity contribution in [3.05, 3.63) is 76.1 Å². The molecular weight excluding hydrogens is 396 g/mol. The second-order valence-corrected chi connectivity index (χ2v) is 6.63. The van der Waals surface area contributed by atoms with Gasteiger partial charge in [0.1, 0.15) is 12.3 Å². The van der Waals surface area contributed by atoms with Crippen molar-refractivity contribution in [2.45, 2.75) is 55.0 Å². The van der Waals surface area contributed by atoms with Crippen LogP contribution in [0.25, 0.3) is 11.1 Å². The van der Waals surface area contributed by atoms with Crippen LogP contribution in [-0.4, -0.2) is 16.7 Å². The summed E-state index contributed by atoms with van der Waals surface area (Å²) < 4.78 is 5.45. The number of ketones is 1. The van der Waals surface area contributed by atoms with E-state index < -0.39 is 0 Å². The van der Waals surface area contributed by atoms with Crippen molar-refractivity contribution in [3.63, 3.8) is 0 Å². The van der Waals surface area contributed by atoms with E-state index in [0.29, 0.717) is 6.54 Å². The third-order valence-corrected chi connectivity index (χ3v) is 4.14. The van der Waals surface area contributed by atoms with Crippen LogP contribution in [0.5, 0.6) is 0 Å². The monoisotopic (exact) mass is 426 g/mol. The molecule has 1 aliphatic heterocycles. The first-order valence-electron chi connectivity index (χ1n) is 10.3. The fourth-order valence-electron chi connectivity index (χ4n) is 2.87. The van der Waals surface area contributed by atoms with Gasteiger partial charge in [-0.25, -0.2) is 0 Å². The molecule has 5 heteroatoms. The molecule has 2 aromatic carbocycles. The molecule has 0 unspecified atom stereocenters. The van der Waals surface area contributed by atoms with Crippen LogP contribution in [0.15, 0.2) is 58.0 Å². The Bertz CT molecular complexity index is 969. The molecule has 0 saturated heterocycles. The summed E-state index contributed by atoms with van der Waals surface area (Å²) in [6, 6.07) is 16.0. The van der Waals surface area contributed by atoms with E-state index in [0.717, 1.165) is 44.4 Å². The molecular formula is C25H31ClN2O2. The number of rotatable bonds is 1. The summed E-state index contributed by atoms with van der Waals surface area (Å²) in [4.78, 5) is 14.2. The average Bonchev–Trinajstić information content (AvgIpc) is 3.03. The number of halogens is 1. The minimum absolute atomic E-state index is 0.167. The zero-order chi connectivity index (χ0) is 22.7. The van der Waals surface area contributed by atoms with Gasteiger partial charge in [-0.3, -0.25) is 4.99 Å². The highest BCUT2D eigenvalue weighted by atomic mass is 35.5. The summed E-state index contributed by atoms with van der Waals surface area (Å²) in [5, 5.41) is 4.81. The van der Waals surface area contributed by atoms with Crippen LogP contribution in [0, 0.1) is 6.92 Å². The van der Waals surface area contributed by atoms with E-state index in [9.17, 15) is 4.79 Å². The van der Waals surface area contributed by atoms with Gasteiger partial charge >= 0.3 is 0 Å². The maximum atomic E-state index is 9.44. The van der Waals surface area contributed by atoms with E-state index in [1.807, 2.05) is 71.0 Å². The van der Waals surface area contributed by atoms with Gasteiger partial charge < -0.3 is 9.32 Å². The largest absolute Gasteiger partial charge is 0.358 e. The lowest BCUT2D eigenvalue weighted by Crippen LogP contribution is -2.04. The first kappa shape index (κ1) is 25.3. The number of carbonyl (C=O) groups excluding carboxylic acids is 1. The fourth-order valence-corrected chi connectivity index (χ4v) is 2.99. The minimum Gasteiger partial charge on any atom is -0.358 e. The highest BCUT2D eigenvalue weighted by Gasteiger charge is 2.23. The Morgan fingerprint density at radius 3 is 2.03 bits per heavy atom. The highest BCUT2D eigenvalue weighted by molar-refractivity contribution is 6.30. The topological polar surface area (TPSA) is 55.5 Å². The molecule has 0 bridgehead atoms. The second kappa shape index (κ2) is 12.8. The highest BCUT2D eigenvalue weighted by Crippen LogP contribution is 2.34. The number of carbonyl (C=O) groups is 1. The van der Waals surface area contributed by atoms with E-state index in [2.05, 4.69) is 17.3 Å². The van der Waals surface area contributed by atoms with Gasteiger partial charge in [-0.2, -0.15) is 0 Å². The van der Waals surface area contributed by atoms with Crippen molar-refractivity contribution in [3.8, 4) is 11.1 Å². The third-order valence-electron chi connectivity index (χ3n) is 3.88. The molecule has 4 nitrogen and oxygen atoms in total. The molecule has 0 atom stereocenters. The normalized spacial score (nSPS) is 10.9. The van der Waals surface area contributed by atoms with Crippen molar-refractivity contribution in [1.82, 2.24) is 5.16 Å². The molecule has 3 aromatic rings. The average molecular weight is 427 g/mol. The number of aromatic nitrogens is 1. The van der Waals surface area contributed by atoms with Crippen LogP contribution in [-0.2, 0) is 11.3 Å². The van der Waals surface area contributed by atoms with Gasteiger partial charge in [0.05, 0.1) is 17.0 Å². The van der Waals surface area contributed by atoms with Gasteiger partial charge in [0.2, 0.25) is 0 Å². The lowest BCUT2D eigenvalue weighted by molar-refractivity contribution is -0.114. The van der Waals surface area contributed by atoms with E-state index in [1.54, 1.807) is 0 Å². The summed E-state index contributed by atoms with van der Waals surface area (Å²) in [5.74, 6) is 0.980. The van der Waals surface area contributed by atoms with Crippen molar-refractivity contribution in [2.75, 3.05) is 0 Å². The zero-order valence-corrected chi connectivity index (χ0v) is 19.7. The lowest BCUT2D eigenvalue weighted by atomic mass is 9.93. The Kier molecular flexibility index (Phi) is 10.8. The Balaban J connectivity index is 0.000000497. The first-order chi connectivity index (χ1) is 14.5. The second-order valence-electron chi connectivity index (χ2n) is 6.19. The van der Waals surface area contributed by atoms with Gasteiger partial charge in [0.15, 0.2) is 5.76 Å². The standard InChI is InChI=1S/C18H13ClN2O.C3H6O.2C2H6/c1-11-17-14-4-2-3-5-15(14)18(20-10-16(17)22-21-11)12-6-8-13(19)9-7-12;1-3(2)4;2*1-2/h2-9H,10H2,1H3;1-2H3;2*1-2H3. The van der Waals surface area contributed by atoms with Crippen LogP contribution in [0.1, 0.15) is 64.1 Å². The number of Topliss-reactive ketones (excluding diaryl/α,β-unsaturated/α-hetero) is 1. The SMILES string of the molecule is CC.CC.CC(C)=O.Cc1noc2c1-c1ccccc1C(c1ccc(Cl)cc1)=NC2. The van der Waals surface area contributed by atoms with Crippen LogP contribution in [0.2, 0.25) is 5.02 Å². The van der Waals surface area contributed by atoms with E-state index >= 15 is 0 Å². The van der Waals surface area contributed by atoms with Gasteiger partial charge in [0, 0.05) is 16.1 Å². The van der Waals surface area contributed by atoms with Crippen molar-refractivity contribution in [1.29, 1.82) is 0 Å². The van der Waals surface area contributed by atoms with Gasteiger partial charge in [-0.1, -0.05) is 80.9 Å². The van der Waals surface area contributed by atoms with Crippen molar-refractivity contribution in [2.24, 2.45) is 4.99 Å². The van der Waals surface area contributed by atoms with Crippen molar-refractivity contribution >= 4 is 23.1 Å². The molecule has 0 aliphatic carbocycles. The molecule has 1 aliphatic rings. The number of hydrogen-bond donors (Lipinski definition) is 0. The van der Waals surface area contributed by atoms with E-state index in [1.165, 1.54) is 13.8 Å². The molecule has 4 rings (SSSR count). The third kappa shape index (κ3) is 6.39. The molecule has 0 saturated carbocycles. The Hall–Kier alpha value is -2.72. The molecule has 1 aromatic heterocycles. The Morgan fingerprint density at radius 1 is 0.933 bits per heavy atom. The maximum Gasteiger partial charge on any atom is 0.166 e. The molecule has 30 heavy (non-hydrogen) atoms. The van der Waals surface area contributed by atoms with Crippen LogP contribution >= 0.6 is 11.6 Å². The summed E-state index contributed by atoms with van der Waals surface area (Å²) in [7, 11) is 0. The predicted octanol–water partition coefficient (Wildman–Crippen LogP) is 7.30. The molecule has 0 spiro atoms. The van der Waals surface area contributed by atoms with Gasteiger partial charge in [0.25, 0.3) is 0 Å². The maximum absolute atomic E-state index is 9.44. The minimum atomic E-state index is 0.167. The van der Waals surface area contributed by atoms with E-state index in [-0.39, 0.29) is 5.78 Å². The summed E-state index contributed by atoms with van der Waals surface area (Å²) in [6.45, 7) is 13.5. The molecule has 0 amide bonds. The first-order valence-corrected chi connectivity index (χ1v) is 10.7. The molecule has 160 valence electrons. The Morgan fingerprint density at radius 2 is 1.47 bits per heavy atom. The molecule has 0 radical (unpaired) electrons. The molecule has 0 N–H and O–H groups in total. The Labute approximate surface area is 185 Å². The lowest BCUT2D eigenvalue weighted by Gasteiger charge is -2.10. The number of aliphatic imine (C=N–C) groups is 1.